The molecule has 0 aliphatic rings. The van der Waals surface area contributed by atoms with Crippen LogP contribution in [0.4, 0.5) is 8.78 Å². The second-order valence-electron chi connectivity index (χ2n) is 4.59. The van der Waals surface area contributed by atoms with Crippen LogP contribution in [-0.4, -0.2) is 18.1 Å². The van der Waals surface area contributed by atoms with Crippen LogP contribution in [0.1, 0.15) is 17.2 Å². The summed E-state index contributed by atoms with van der Waals surface area (Å²) in [4.78, 5) is 10.2. The molecule has 1 amide bonds. The summed E-state index contributed by atoms with van der Waals surface area (Å²) in [5.41, 5.74) is 0.302. The van der Waals surface area contributed by atoms with Gasteiger partial charge in [-0.3, -0.25) is 4.79 Å². The van der Waals surface area contributed by atoms with Crippen molar-refractivity contribution in [3.8, 4) is 5.75 Å². The van der Waals surface area contributed by atoms with Gasteiger partial charge in [0.1, 0.15) is 18.5 Å². The van der Waals surface area contributed by atoms with Gasteiger partial charge in [-0.1, -0.05) is 30.3 Å². The van der Waals surface area contributed by atoms with E-state index in [1.807, 2.05) is 30.3 Å². The van der Waals surface area contributed by atoms with Gasteiger partial charge in [0.05, 0.1) is 5.56 Å². The van der Waals surface area contributed by atoms with Gasteiger partial charge in [0.25, 0.3) is 0 Å². The lowest BCUT2D eigenvalue weighted by molar-refractivity contribution is -0.110. The molecular weight excluding hydrogens is 292 g/mol. The zero-order valence-electron chi connectivity index (χ0n) is 11.6. The molecule has 22 heavy (non-hydrogen) atoms. The highest BCUT2D eigenvalue weighted by atomic mass is 19.1. The van der Waals surface area contributed by atoms with Gasteiger partial charge in [0.15, 0.2) is 11.6 Å². The van der Waals surface area contributed by atoms with E-state index in [0.717, 1.165) is 17.7 Å². The molecule has 0 saturated carbocycles. The molecular formula is C16H15F2NO3. The van der Waals surface area contributed by atoms with Crippen molar-refractivity contribution in [2.45, 2.75) is 12.7 Å². The highest BCUT2D eigenvalue weighted by molar-refractivity contribution is 5.46. The summed E-state index contributed by atoms with van der Waals surface area (Å²) in [7, 11) is 0. The van der Waals surface area contributed by atoms with Crippen molar-refractivity contribution in [1.82, 2.24) is 5.32 Å². The lowest BCUT2D eigenvalue weighted by Crippen LogP contribution is -2.21. The summed E-state index contributed by atoms with van der Waals surface area (Å²) in [6.45, 7) is -0.176. The van der Waals surface area contributed by atoms with Crippen molar-refractivity contribution in [3.05, 3.63) is 65.2 Å². The molecule has 2 aromatic carbocycles. The molecule has 6 heteroatoms. The van der Waals surface area contributed by atoms with E-state index in [2.05, 4.69) is 5.32 Å². The highest BCUT2D eigenvalue weighted by Gasteiger charge is 2.21. The van der Waals surface area contributed by atoms with E-state index in [9.17, 15) is 18.7 Å². The fourth-order valence-electron chi connectivity index (χ4n) is 1.96. The number of amides is 1. The Bertz CT molecular complexity index is 635. The Hall–Kier alpha value is -2.47. The second kappa shape index (κ2) is 7.51. The quantitative estimate of drug-likeness (QED) is 0.772. The maximum atomic E-state index is 14.3. The molecule has 0 spiro atoms. The predicted octanol–water partition coefficient (Wildman–Crippen LogP) is 2.32. The van der Waals surface area contributed by atoms with Gasteiger partial charge in [-0.05, 0) is 17.7 Å². The number of aliphatic hydroxyl groups excluding tert-OH is 1. The fourth-order valence-corrected chi connectivity index (χ4v) is 1.96. The topological polar surface area (TPSA) is 58.6 Å². The molecule has 0 heterocycles. The number of halogens is 2. The Kier molecular flexibility index (Phi) is 5.43. The van der Waals surface area contributed by atoms with Crippen molar-refractivity contribution in [2.24, 2.45) is 0 Å². The number of nitrogens with one attached hydrogen (secondary N) is 1. The standard InChI is InChI=1S/C16H15F2NO3/c17-12-6-7-14(22-9-11-4-2-1-3-5-11)16(18)15(12)13(21)8-19-10-20/h1-7,10,13,21H,8-9H2,(H,19,20)/t13-/m1/s1. The number of rotatable bonds is 7. The van der Waals surface area contributed by atoms with Crippen LogP contribution in [0.5, 0.6) is 5.75 Å². The van der Waals surface area contributed by atoms with Crippen LogP contribution < -0.4 is 10.1 Å². The minimum absolute atomic E-state index is 0.117. The normalized spacial score (nSPS) is 11.8. The van der Waals surface area contributed by atoms with Crippen LogP contribution in [0.25, 0.3) is 0 Å². The number of ether oxygens (including phenoxy) is 1. The third-order valence-corrected chi connectivity index (χ3v) is 3.06. The summed E-state index contributed by atoms with van der Waals surface area (Å²) in [6.07, 6.45) is -1.15. The van der Waals surface area contributed by atoms with Crippen molar-refractivity contribution in [1.29, 1.82) is 0 Å². The molecule has 0 aliphatic heterocycles. The van der Waals surface area contributed by atoms with Gasteiger partial charge in [0.2, 0.25) is 6.41 Å². The van der Waals surface area contributed by atoms with Crippen LogP contribution in [0.15, 0.2) is 42.5 Å². The third-order valence-electron chi connectivity index (χ3n) is 3.06. The average molecular weight is 307 g/mol. The van der Waals surface area contributed by atoms with Crippen molar-refractivity contribution in [2.75, 3.05) is 6.54 Å². The first kappa shape index (κ1) is 15.9. The molecule has 2 aromatic rings. The van der Waals surface area contributed by atoms with Gasteiger partial charge in [-0.25, -0.2) is 8.78 Å². The zero-order valence-corrected chi connectivity index (χ0v) is 11.6. The van der Waals surface area contributed by atoms with E-state index in [-0.39, 0.29) is 18.9 Å². The molecule has 0 saturated heterocycles. The first-order chi connectivity index (χ1) is 10.6. The molecule has 0 unspecified atom stereocenters. The Labute approximate surface area is 126 Å². The summed E-state index contributed by atoms with van der Waals surface area (Å²) < 4.78 is 33.3. The molecule has 0 aliphatic carbocycles. The average Bonchev–Trinajstić information content (AvgIpc) is 2.53. The minimum atomic E-state index is -1.49. The van der Waals surface area contributed by atoms with Crippen LogP contribution in [-0.2, 0) is 11.4 Å². The first-order valence-electron chi connectivity index (χ1n) is 6.63. The molecule has 0 radical (unpaired) electrons. The summed E-state index contributed by atoms with van der Waals surface area (Å²) in [5.74, 6) is -2.04. The van der Waals surface area contributed by atoms with E-state index in [0.29, 0.717) is 6.41 Å². The summed E-state index contributed by atoms with van der Waals surface area (Å²) in [5, 5.41) is 11.9. The van der Waals surface area contributed by atoms with Crippen molar-refractivity contribution >= 4 is 6.41 Å². The highest BCUT2D eigenvalue weighted by Crippen LogP contribution is 2.28. The SMILES string of the molecule is O=CNC[C@@H](O)c1c(F)ccc(OCc2ccccc2)c1F. The number of aliphatic hydroxyl groups is 1. The van der Waals surface area contributed by atoms with Gasteiger partial charge in [0, 0.05) is 6.54 Å². The van der Waals surface area contributed by atoms with Gasteiger partial charge < -0.3 is 15.2 Å². The van der Waals surface area contributed by atoms with E-state index in [4.69, 9.17) is 4.74 Å². The largest absolute Gasteiger partial charge is 0.486 e. The molecule has 0 aromatic heterocycles. The maximum absolute atomic E-state index is 14.3. The predicted molar refractivity (Wildman–Crippen MR) is 76.2 cm³/mol. The number of hydrogen-bond donors (Lipinski definition) is 2. The molecule has 4 nitrogen and oxygen atoms in total. The smallest absolute Gasteiger partial charge is 0.207 e. The first-order valence-corrected chi connectivity index (χ1v) is 6.63. The maximum Gasteiger partial charge on any atom is 0.207 e. The van der Waals surface area contributed by atoms with Crippen LogP contribution in [0, 0.1) is 11.6 Å². The lowest BCUT2D eigenvalue weighted by Gasteiger charge is -2.15. The second-order valence-corrected chi connectivity index (χ2v) is 4.59. The molecule has 0 fully saturated rings. The third kappa shape index (κ3) is 3.79. The van der Waals surface area contributed by atoms with E-state index < -0.39 is 23.3 Å². The molecule has 116 valence electrons. The van der Waals surface area contributed by atoms with Gasteiger partial charge in [-0.15, -0.1) is 0 Å². The Morgan fingerprint density at radius 3 is 2.59 bits per heavy atom. The van der Waals surface area contributed by atoms with Crippen LogP contribution in [0.3, 0.4) is 0 Å². The summed E-state index contributed by atoms with van der Waals surface area (Å²) in [6, 6.07) is 11.3. The zero-order chi connectivity index (χ0) is 15.9. The molecule has 0 bridgehead atoms. The van der Waals surface area contributed by atoms with Gasteiger partial charge in [-0.2, -0.15) is 0 Å². The van der Waals surface area contributed by atoms with Gasteiger partial charge >= 0.3 is 0 Å². The van der Waals surface area contributed by atoms with E-state index >= 15 is 0 Å². The van der Waals surface area contributed by atoms with Crippen LogP contribution >= 0.6 is 0 Å². The minimum Gasteiger partial charge on any atom is -0.486 e. The lowest BCUT2D eigenvalue weighted by atomic mass is 10.1. The van der Waals surface area contributed by atoms with Crippen LogP contribution in [0.2, 0.25) is 0 Å². The summed E-state index contributed by atoms with van der Waals surface area (Å²) >= 11 is 0. The Balaban J connectivity index is 2.17. The molecule has 2 N–H and O–H groups in total. The number of benzene rings is 2. The monoisotopic (exact) mass is 307 g/mol. The molecule has 1 atom stereocenters. The Morgan fingerprint density at radius 2 is 1.91 bits per heavy atom. The Morgan fingerprint density at radius 1 is 1.18 bits per heavy atom. The van der Waals surface area contributed by atoms with Crippen molar-refractivity contribution < 1.29 is 23.4 Å². The van der Waals surface area contributed by atoms with Crippen molar-refractivity contribution in [3.63, 3.8) is 0 Å². The number of carbonyl (C=O) groups excluding carboxylic acids is 1. The number of carbonyl (C=O) groups is 1. The molecule has 2 rings (SSSR count). The number of hydrogen-bond acceptors (Lipinski definition) is 3. The fraction of sp³-hybridized carbons (Fsp3) is 0.188. The van der Waals surface area contributed by atoms with E-state index in [1.54, 1.807) is 0 Å². The van der Waals surface area contributed by atoms with E-state index in [1.165, 1.54) is 0 Å².